The van der Waals surface area contributed by atoms with Gasteiger partial charge in [0.2, 0.25) is 0 Å². The molecule has 0 fully saturated rings. The molecule has 8 nitrogen and oxygen atoms in total. The van der Waals surface area contributed by atoms with Gasteiger partial charge in [-0.15, -0.1) is 0 Å². The number of carbonyl (C=O) groups is 1. The van der Waals surface area contributed by atoms with Gasteiger partial charge in [0.1, 0.15) is 17.3 Å². The highest BCUT2D eigenvalue weighted by Crippen LogP contribution is 2.40. The lowest BCUT2D eigenvalue weighted by molar-refractivity contribution is -0.384. The van der Waals surface area contributed by atoms with Crippen molar-refractivity contribution in [3.05, 3.63) is 80.0 Å². The Kier molecular flexibility index (Phi) is 4.11. The number of fused-ring (bicyclic) bond motifs is 1. The number of esters is 1. The number of nitrogens with zero attached hydrogens (tertiary/aromatic N) is 2. The topological polar surface area (TPSA) is 105 Å². The summed E-state index contributed by atoms with van der Waals surface area (Å²) in [5.74, 6) is -0.176. The third-order valence-corrected chi connectivity index (χ3v) is 4.95. The van der Waals surface area contributed by atoms with Crippen molar-refractivity contribution in [2.24, 2.45) is 7.05 Å². The van der Waals surface area contributed by atoms with E-state index < -0.39 is 16.8 Å². The van der Waals surface area contributed by atoms with Crippen LogP contribution in [0.2, 0.25) is 0 Å². The Morgan fingerprint density at radius 2 is 1.93 bits per heavy atom. The molecule has 2 aromatic heterocycles. The van der Waals surface area contributed by atoms with Crippen LogP contribution in [-0.4, -0.2) is 15.5 Å². The van der Waals surface area contributed by atoms with Gasteiger partial charge in [0.15, 0.2) is 0 Å². The van der Waals surface area contributed by atoms with E-state index in [1.165, 1.54) is 10.6 Å². The molecular formula is C20H16N2O6. The summed E-state index contributed by atoms with van der Waals surface area (Å²) in [5.41, 5.74) is 0.983. The summed E-state index contributed by atoms with van der Waals surface area (Å²) >= 11 is 0. The molecule has 0 bridgehead atoms. The van der Waals surface area contributed by atoms with Crippen molar-refractivity contribution in [2.75, 3.05) is 0 Å². The van der Waals surface area contributed by atoms with Crippen molar-refractivity contribution >= 4 is 11.7 Å². The molecule has 1 aromatic carbocycles. The first-order valence-electron chi connectivity index (χ1n) is 8.61. The first kappa shape index (κ1) is 17.7. The van der Waals surface area contributed by atoms with E-state index in [0.29, 0.717) is 28.3 Å². The number of nitro benzene ring substituents is 1. The van der Waals surface area contributed by atoms with E-state index in [2.05, 4.69) is 0 Å². The number of pyridine rings is 1. The van der Waals surface area contributed by atoms with Crippen LogP contribution in [0.25, 0.3) is 11.3 Å². The third-order valence-electron chi connectivity index (χ3n) is 4.95. The second-order valence-electron chi connectivity index (χ2n) is 6.63. The summed E-state index contributed by atoms with van der Waals surface area (Å²) in [6.07, 6.45) is -0.0465. The highest BCUT2D eigenvalue weighted by molar-refractivity contribution is 5.77. The molecule has 142 valence electrons. The molecule has 0 aliphatic carbocycles. The van der Waals surface area contributed by atoms with Crippen molar-refractivity contribution in [2.45, 2.75) is 19.3 Å². The summed E-state index contributed by atoms with van der Waals surface area (Å²) in [4.78, 5) is 35.7. The van der Waals surface area contributed by atoms with Gasteiger partial charge in [-0.3, -0.25) is 19.7 Å². The molecule has 0 amide bonds. The van der Waals surface area contributed by atoms with Gasteiger partial charge in [0.25, 0.3) is 11.2 Å². The number of aromatic nitrogens is 1. The van der Waals surface area contributed by atoms with Gasteiger partial charge in [0.05, 0.1) is 28.4 Å². The molecule has 3 aromatic rings. The zero-order chi connectivity index (χ0) is 20.0. The predicted molar refractivity (Wildman–Crippen MR) is 99.3 cm³/mol. The van der Waals surface area contributed by atoms with Gasteiger partial charge >= 0.3 is 5.97 Å². The maximum absolute atomic E-state index is 12.8. The fourth-order valence-corrected chi connectivity index (χ4v) is 3.42. The molecule has 28 heavy (non-hydrogen) atoms. The van der Waals surface area contributed by atoms with Gasteiger partial charge in [-0.2, -0.15) is 0 Å². The number of benzene rings is 1. The number of rotatable bonds is 3. The highest BCUT2D eigenvalue weighted by Gasteiger charge is 2.34. The molecule has 0 spiro atoms. The van der Waals surface area contributed by atoms with Crippen molar-refractivity contribution in [3.63, 3.8) is 0 Å². The number of furan rings is 1. The summed E-state index contributed by atoms with van der Waals surface area (Å²) in [6.45, 7) is 1.75. The van der Waals surface area contributed by atoms with Crippen LogP contribution in [0.4, 0.5) is 5.69 Å². The number of hydrogen-bond donors (Lipinski definition) is 0. The molecule has 0 unspecified atom stereocenters. The van der Waals surface area contributed by atoms with E-state index in [0.717, 1.165) is 0 Å². The van der Waals surface area contributed by atoms with E-state index in [1.54, 1.807) is 50.4 Å². The molecule has 8 heteroatoms. The number of aryl methyl sites for hydroxylation is 1. The maximum Gasteiger partial charge on any atom is 0.312 e. The largest absolute Gasteiger partial charge is 0.460 e. The van der Waals surface area contributed by atoms with E-state index in [9.17, 15) is 19.7 Å². The van der Waals surface area contributed by atoms with E-state index in [-0.39, 0.29) is 23.4 Å². The van der Waals surface area contributed by atoms with Gasteiger partial charge in [0, 0.05) is 24.9 Å². The van der Waals surface area contributed by atoms with Gasteiger partial charge in [-0.25, -0.2) is 0 Å². The van der Waals surface area contributed by atoms with Crippen LogP contribution in [-0.2, 0) is 11.8 Å². The standard InChI is InChI=1S/C20H16N2O6/c1-11-9-17-19(20(24)21(11)2)13(10-18(23)28-17)16-8-7-15(27-16)12-5-3-4-6-14(12)22(25)26/h3-9,13H,10H2,1-2H3/t13-/m1/s1. The van der Waals surface area contributed by atoms with Crippen LogP contribution in [0.1, 0.15) is 29.4 Å². The van der Waals surface area contributed by atoms with Crippen LogP contribution >= 0.6 is 0 Å². The average molecular weight is 380 g/mol. The molecule has 3 heterocycles. The van der Waals surface area contributed by atoms with Crippen molar-refractivity contribution < 1.29 is 18.9 Å². The minimum absolute atomic E-state index is 0.0465. The summed E-state index contributed by atoms with van der Waals surface area (Å²) in [5, 5.41) is 11.3. The number of ether oxygens (including phenoxy) is 1. The quantitative estimate of drug-likeness (QED) is 0.392. The lowest BCUT2D eigenvalue weighted by Gasteiger charge is -2.23. The summed E-state index contributed by atoms with van der Waals surface area (Å²) in [7, 11) is 1.65. The Morgan fingerprint density at radius 3 is 2.68 bits per heavy atom. The summed E-state index contributed by atoms with van der Waals surface area (Å²) < 4.78 is 12.6. The van der Waals surface area contributed by atoms with Crippen molar-refractivity contribution in [1.82, 2.24) is 4.57 Å². The van der Waals surface area contributed by atoms with Gasteiger partial charge in [-0.05, 0) is 25.1 Å². The minimum Gasteiger partial charge on any atom is -0.460 e. The molecule has 1 aliphatic rings. The van der Waals surface area contributed by atoms with Crippen LogP contribution in [0.3, 0.4) is 0 Å². The number of nitro groups is 1. The van der Waals surface area contributed by atoms with Crippen LogP contribution in [0.15, 0.2) is 51.7 Å². The number of para-hydroxylation sites is 1. The van der Waals surface area contributed by atoms with Crippen molar-refractivity contribution in [3.8, 4) is 17.1 Å². The molecule has 0 saturated heterocycles. The molecule has 0 radical (unpaired) electrons. The van der Waals surface area contributed by atoms with Gasteiger partial charge in [-0.1, -0.05) is 12.1 Å². The minimum atomic E-state index is -0.618. The molecule has 1 aliphatic heterocycles. The molecule has 0 saturated carbocycles. The van der Waals surface area contributed by atoms with Crippen molar-refractivity contribution in [1.29, 1.82) is 0 Å². The monoisotopic (exact) mass is 380 g/mol. The van der Waals surface area contributed by atoms with Crippen LogP contribution in [0.5, 0.6) is 5.75 Å². The van der Waals surface area contributed by atoms with Crippen LogP contribution < -0.4 is 10.3 Å². The number of carbonyl (C=O) groups excluding carboxylic acids is 1. The molecule has 0 N–H and O–H groups in total. The Hall–Kier alpha value is -3.68. The SMILES string of the molecule is Cc1cc2c(c(=O)n1C)[C@@H](c1ccc(-c3ccccc3[N+](=O)[O-])o1)CC(=O)O2. The zero-order valence-electron chi connectivity index (χ0n) is 15.2. The van der Waals surface area contributed by atoms with E-state index in [1.807, 2.05) is 0 Å². The highest BCUT2D eigenvalue weighted by atomic mass is 16.6. The fraction of sp³-hybridized carbons (Fsp3) is 0.200. The third kappa shape index (κ3) is 2.79. The second-order valence-corrected chi connectivity index (χ2v) is 6.63. The lowest BCUT2D eigenvalue weighted by atomic mass is 9.91. The first-order chi connectivity index (χ1) is 13.4. The molecule has 1 atom stereocenters. The molecular weight excluding hydrogens is 364 g/mol. The van der Waals surface area contributed by atoms with E-state index >= 15 is 0 Å². The van der Waals surface area contributed by atoms with Gasteiger partial charge < -0.3 is 13.7 Å². The Bertz CT molecular complexity index is 1170. The summed E-state index contributed by atoms with van der Waals surface area (Å²) in [6, 6.07) is 11.1. The molecule has 4 rings (SSSR count). The number of hydrogen-bond acceptors (Lipinski definition) is 6. The van der Waals surface area contributed by atoms with E-state index in [4.69, 9.17) is 9.15 Å². The normalized spacial score (nSPS) is 15.8. The Balaban J connectivity index is 1.83. The zero-order valence-corrected chi connectivity index (χ0v) is 15.2. The van der Waals surface area contributed by atoms with Crippen LogP contribution in [0, 0.1) is 17.0 Å². The first-order valence-corrected chi connectivity index (χ1v) is 8.61. The predicted octanol–water partition coefficient (Wildman–Crippen LogP) is 3.30. The smallest absolute Gasteiger partial charge is 0.312 e. The maximum atomic E-state index is 12.8. The fourth-order valence-electron chi connectivity index (χ4n) is 3.42. The Labute approximate surface area is 159 Å². The Morgan fingerprint density at radius 1 is 1.18 bits per heavy atom. The average Bonchev–Trinajstić information content (AvgIpc) is 3.15. The second kappa shape index (κ2) is 6.49. The lowest BCUT2D eigenvalue weighted by Crippen LogP contribution is -2.31.